The number of halogens is 1. The third-order valence-electron chi connectivity index (χ3n) is 3.59. The molecule has 2 aliphatic rings. The number of nitrogens with zero attached hydrogens (tertiary/aromatic N) is 1. The molecule has 0 aromatic rings. The minimum Gasteiger partial charge on any atom is -0.352 e. The van der Waals surface area contributed by atoms with Gasteiger partial charge in [0.2, 0.25) is 11.8 Å². The lowest BCUT2D eigenvalue weighted by atomic mass is 10.0. The monoisotopic (exact) mass is 275 g/mol. The van der Waals surface area contributed by atoms with Gasteiger partial charge in [0.15, 0.2) is 0 Å². The number of likely N-dealkylation sites (N-methyl/N-ethyl adjacent to an activating group) is 1. The second-order valence-corrected chi connectivity index (χ2v) is 5.07. The van der Waals surface area contributed by atoms with Gasteiger partial charge in [-0.1, -0.05) is 0 Å². The summed E-state index contributed by atoms with van der Waals surface area (Å²) in [5, 5.41) is 6.34. The molecule has 0 spiro atoms. The minimum absolute atomic E-state index is 0. The van der Waals surface area contributed by atoms with Crippen molar-refractivity contribution in [2.75, 3.05) is 20.1 Å². The molecule has 0 saturated carbocycles. The number of hydrogen-bond donors (Lipinski definition) is 2. The Morgan fingerprint density at radius 3 is 2.89 bits per heavy atom. The maximum atomic E-state index is 11.8. The highest BCUT2D eigenvalue weighted by molar-refractivity contribution is 5.85. The number of piperidine rings is 1. The summed E-state index contributed by atoms with van der Waals surface area (Å²) in [6, 6.07) is 0.476. The van der Waals surface area contributed by atoms with Crippen molar-refractivity contribution in [3.8, 4) is 0 Å². The van der Waals surface area contributed by atoms with Gasteiger partial charge in [-0.25, -0.2) is 0 Å². The molecule has 0 aromatic heterocycles. The summed E-state index contributed by atoms with van der Waals surface area (Å²) in [6.45, 7) is 1.67. The molecule has 6 heteroatoms. The predicted octanol–water partition coefficient (Wildman–Crippen LogP) is 0.287. The van der Waals surface area contributed by atoms with Crippen LogP contribution in [-0.2, 0) is 9.59 Å². The maximum absolute atomic E-state index is 11.8. The van der Waals surface area contributed by atoms with Crippen LogP contribution in [-0.4, -0.2) is 48.9 Å². The lowest BCUT2D eigenvalue weighted by molar-refractivity contribution is -0.134. The van der Waals surface area contributed by atoms with Gasteiger partial charge in [0, 0.05) is 38.5 Å². The number of hydrogen-bond acceptors (Lipinski definition) is 3. The van der Waals surface area contributed by atoms with Crippen molar-refractivity contribution in [2.24, 2.45) is 0 Å². The minimum atomic E-state index is 0. The van der Waals surface area contributed by atoms with E-state index in [0.717, 1.165) is 19.4 Å². The lowest BCUT2D eigenvalue weighted by Crippen LogP contribution is -2.49. The van der Waals surface area contributed by atoms with E-state index in [-0.39, 0.29) is 30.3 Å². The number of rotatable bonds is 3. The lowest BCUT2D eigenvalue weighted by Gasteiger charge is -2.30. The summed E-state index contributed by atoms with van der Waals surface area (Å²) < 4.78 is 0. The maximum Gasteiger partial charge on any atom is 0.222 e. The molecule has 0 bridgehead atoms. The van der Waals surface area contributed by atoms with Crippen molar-refractivity contribution < 1.29 is 9.59 Å². The third-order valence-corrected chi connectivity index (χ3v) is 3.59. The Kier molecular flexibility index (Phi) is 5.88. The van der Waals surface area contributed by atoms with Gasteiger partial charge >= 0.3 is 0 Å². The molecule has 2 saturated heterocycles. The van der Waals surface area contributed by atoms with Crippen molar-refractivity contribution in [1.29, 1.82) is 0 Å². The fourth-order valence-corrected chi connectivity index (χ4v) is 2.57. The molecule has 0 aliphatic carbocycles. The van der Waals surface area contributed by atoms with Gasteiger partial charge in [0.25, 0.3) is 0 Å². The number of nitrogens with one attached hydrogen (secondary N) is 2. The Hall–Kier alpha value is -0.810. The van der Waals surface area contributed by atoms with Crippen LogP contribution in [0.1, 0.15) is 32.1 Å². The fraction of sp³-hybridized carbons (Fsp3) is 0.833. The molecule has 2 unspecified atom stereocenters. The highest BCUT2D eigenvalue weighted by Gasteiger charge is 2.25. The highest BCUT2D eigenvalue weighted by atomic mass is 35.5. The SMILES string of the molecule is CN1CC(NC(=O)CC2CCCN2)CCC1=O.Cl. The van der Waals surface area contributed by atoms with E-state index >= 15 is 0 Å². The zero-order valence-corrected chi connectivity index (χ0v) is 11.6. The van der Waals surface area contributed by atoms with Gasteiger partial charge in [-0.3, -0.25) is 9.59 Å². The van der Waals surface area contributed by atoms with Crippen LogP contribution in [0.2, 0.25) is 0 Å². The number of carbonyl (C=O) groups excluding carboxylic acids is 2. The molecule has 18 heavy (non-hydrogen) atoms. The summed E-state index contributed by atoms with van der Waals surface area (Å²) in [5.41, 5.74) is 0. The molecule has 5 nitrogen and oxygen atoms in total. The second kappa shape index (κ2) is 6.95. The van der Waals surface area contributed by atoms with Crippen LogP contribution in [0, 0.1) is 0 Å². The molecule has 0 radical (unpaired) electrons. The van der Waals surface area contributed by atoms with Crippen molar-refractivity contribution in [3.63, 3.8) is 0 Å². The van der Waals surface area contributed by atoms with Crippen LogP contribution in [0.5, 0.6) is 0 Å². The Balaban J connectivity index is 0.00000162. The van der Waals surface area contributed by atoms with E-state index in [9.17, 15) is 9.59 Å². The van der Waals surface area contributed by atoms with Crippen LogP contribution in [0.4, 0.5) is 0 Å². The summed E-state index contributed by atoms with van der Waals surface area (Å²) in [4.78, 5) is 24.8. The largest absolute Gasteiger partial charge is 0.352 e. The second-order valence-electron chi connectivity index (χ2n) is 5.07. The van der Waals surface area contributed by atoms with Gasteiger partial charge in [0.1, 0.15) is 0 Å². The number of likely N-dealkylation sites (tertiary alicyclic amines) is 1. The molecule has 2 fully saturated rings. The smallest absolute Gasteiger partial charge is 0.222 e. The Labute approximate surface area is 114 Å². The zero-order valence-electron chi connectivity index (χ0n) is 10.8. The van der Waals surface area contributed by atoms with Crippen LogP contribution in [0.3, 0.4) is 0 Å². The highest BCUT2D eigenvalue weighted by Crippen LogP contribution is 2.12. The van der Waals surface area contributed by atoms with Crippen molar-refractivity contribution in [3.05, 3.63) is 0 Å². The Morgan fingerprint density at radius 1 is 1.50 bits per heavy atom. The van der Waals surface area contributed by atoms with Crippen LogP contribution >= 0.6 is 12.4 Å². The number of carbonyl (C=O) groups is 2. The third kappa shape index (κ3) is 4.14. The normalized spacial score (nSPS) is 27.8. The molecule has 2 rings (SSSR count). The van der Waals surface area contributed by atoms with Gasteiger partial charge in [0.05, 0.1) is 0 Å². The van der Waals surface area contributed by atoms with Gasteiger partial charge in [-0.2, -0.15) is 0 Å². The molecule has 2 atom stereocenters. The molecular weight excluding hydrogens is 254 g/mol. The van der Waals surface area contributed by atoms with E-state index in [4.69, 9.17) is 0 Å². The van der Waals surface area contributed by atoms with E-state index in [1.54, 1.807) is 11.9 Å². The fourth-order valence-electron chi connectivity index (χ4n) is 2.57. The molecule has 0 aromatic carbocycles. The standard InChI is InChI=1S/C12H21N3O2.ClH/c1-15-8-10(4-5-12(15)17)14-11(16)7-9-3-2-6-13-9;/h9-10,13H,2-8H2,1H3,(H,14,16);1H. The zero-order chi connectivity index (χ0) is 12.3. The first-order chi connectivity index (χ1) is 8.15. The molecular formula is C12H22ClN3O2. The first kappa shape index (κ1) is 15.2. The summed E-state index contributed by atoms with van der Waals surface area (Å²) in [5.74, 6) is 0.283. The van der Waals surface area contributed by atoms with Gasteiger partial charge in [-0.05, 0) is 25.8 Å². The van der Waals surface area contributed by atoms with E-state index in [1.807, 2.05) is 0 Å². The van der Waals surface area contributed by atoms with Crippen LogP contribution < -0.4 is 10.6 Å². The quantitative estimate of drug-likeness (QED) is 0.778. The van der Waals surface area contributed by atoms with E-state index in [0.29, 0.717) is 25.4 Å². The average Bonchev–Trinajstić information content (AvgIpc) is 2.76. The van der Waals surface area contributed by atoms with E-state index in [2.05, 4.69) is 10.6 Å². The van der Waals surface area contributed by atoms with Gasteiger partial charge < -0.3 is 15.5 Å². The summed E-state index contributed by atoms with van der Waals surface area (Å²) in [7, 11) is 1.79. The topological polar surface area (TPSA) is 61.4 Å². The van der Waals surface area contributed by atoms with Crippen LogP contribution in [0.25, 0.3) is 0 Å². The average molecular weight is 276 g/mol. The summed E-state index contributed by atoms with van der Waals surface area (Å²) in [6.07, 6.45) is 4.14. The van der Waals surface area contributed by atoms with Gasteiger partial charge in [-0.15, -0.1) is 12.4 Å². The Bertz CT molecular complexity index is 306. The van der Waals surface area contributed by atoms with Crippen molar-refractivity contribution >= 4 is 24.2 Å². The molecule has 2 heterocycles. The Morgan fingerprint density at radius 2 is 2.28 bits per heavy atom. The predicted molar refractivity (Wildman–Crippen MR) is 71.7 cm³/mol. The molecule has 104 valence electrons. The first-order valence-corrected chi connectivity index (χ1v) is 6.42. The molecule has 2 amide bonds. The summed E-state index contributed by atoms with van der Waals surface area (Å²) >= 11 is 0. The van der Waals surface area contributed by atoms with E-state index in [1.165, 1.54) is 6.42 Å². The van der Waals surface area contributed by atoms with Crippen LogP contribution in [0.15, 0.2) is 0 Å². The van der Waals surface area contributed by atoms with Crippen molar-refractivity contribution in [1.82, 2.24) is 15.5 Å². The van der Waals surface area contributed by atoms with Crippen molar-refractivity contribution in [2.45, 2.75) is 44.2 Å². The molecule has 2 aliphatic heterocycles. The van der Waals surface area contributed by atoms with E-state index < -0.39 is 0 Å². The number of amides is 2. The first-order valence-electron chi connectivity index (χ1n) is 6.42. The molecule has 2 N–H and O–H groups in total.